The molecule has 1 saturated carbocycles. The fourth-order valence-electron chi connectivity index (χ4n) is 4.25. The zero-order valence-corrected chi connectivity index (χ0v) is 15.1. The van der Waals surface area contributed by atoms with Gasteiger partial charge in [-0.2, -0.15) is 0 Å². The van der Waals surface area contributed by atoms with E-state index in [2.05, 4.69) is 24.1 Å². The lowest BCUT2D eigenvalue weighted by atomic mass is 9.86. The summed E-state index contributed by atoms with van der Waals surface area (Å²) in [6.07, 6.45) is 5.64. The van der Waals surface area contributed by atoms with Crippen LogP contribution in [0.25, 0.3) is 0 Å². The molecule has 2 fully saturated rings. The van der Waals surface area contributed by atoms with E-state index >= 15 is 0 Å². The highest BCUT2D eigenvalue weighted by Crippen LogP contribution is 2.38. The van der Waals surface area contributed by atoms with Crippen molar-refractivity contribution in [3.05, 3.63) is 0 Å². The second-order valence-corrected chi connectivity index (χ2v) is 8.20. The van der Waals surface area contributed by atoms with Gasteiger partial charge in [0.2, 0.25) is 5.91 Å². The first-order valence-electron chi connectivity index (χ1n) is 9.11. The molecule has 1 atom stereocenters. The molecule has 1 heterocycles. The number of nitrogens with one attached hydrogen (secondary N) is 1. The van der Waals surface area contributed by atoms with Crippen LogP contribution in [0.4, 0.5) is 0 Å². The van der Waals surface area contributed by atoms with Crippen molar-refractivity contribution in [1.82, 2.24) is 10.2 Å². The summed E-state index contributed by atoms with van der Waals surface area (Å²) in [5.41, 5.74) is -0.0338. The monoisotopic (exact) mass is 326 g/mol. The van der Waals surface area contributed by atoms with Gasteiger partial charge >= 0.3 is 0 Å². The van der Waals surface area contributed by atoms with Crippen LogP contribution in [0.15, 0.2) is 0 Å². The third kappa shape index (κ3) is 5.44. The van der Waals surface area contributed by atoms with Gasteiger partial charge in [-0.15, -0.1) is 0 Å². The van der Waals surface area contributed by atoms with Crippen LogP contribution < -0.4 is 5.32 Å². The number of hydrogen-bond acceptors (Lipinski definition) is 4. The Morgan fingerprint density at radius 3 is 2.48 bits per heavy atom. The SMILES string of the molecule is C[C@H](O)CC(C)(C)CNC(=O)CC1(N2CCOCC2)CCCC1. The molecule has 0 aromatic carbocycles. The Kier molecular flexibility index (Phi) is 6.46. The molecule has 0 spiro atoms. The average Bonchev–Trinajstić information content (AvgIpc) is 2.95. The first-order chi connectivity index (χ1) is 10.8. The number of carbonyl (C=O) groups is 1. The molecule has 23 heavy (non-hydrogen) atoms. The molecular formula is C18H34N2O3. The maximum atomic E-state index is 12.5. The summed E-state index contributed by atoms with van der Waals surface area (Å²) in [6.45, 7) is 10.1. The summed E-state index contributed by atoms with van der Waals surface area (Å²) in [5, 5.41) is 12.7. The molecule has 0 aromatic heterocycles. The van der Waals surface area contributed by atoms with E-state index in [1.165, 1.54) is 12.8 Å². The van der Waals surface area contributed by atoms with Crippen molar-refractivity contribution >= 4 is 5.91 Å². The smallest absolute Gasteiger partial charge is 0.221 e. The van der Waals surface area contributed by atoms with Gasteiger partial charge in [-0.1, -0.05) is 26.7 Å². The highest BCUT2D eigenvalue weighted by atomic mass is 16.5. The molecule has 0 bridgehead atoms. The molecule has 1 aliphatic heterocycles. The number of rotatable bonds is 7. The normalized spacial score (nSPS) is 23.7. The molecular weight excluding hydrogens is 292 g/mol. The molecule has 5 nitrogen and oxygen atoms in total. The van der Waals surface area contributed by atoms with Gasteiger partial charge in [-0.25, -0.2) is 0 Å². The van der Waals surface area contributed by atoms with Gasteiger partial charge in [-0.3, -0.25) is 9.69 Å². The van der Waals surface area contributed by atoms with E-state index in [1.807, 2.05) is 0 Å². The number of morpholine rings is 1. The van der Waals surface area contributed by atoms with E-state index in [0.717, 1.165) is 39.1 Å². The van der Waals surface area contributed by atoms with Gasteiger partial charge in [0.25, 0.3) is 0 Å². The minimum atomic E-state index is -0.337. The second-order valence-electron chi connectivity index (χ2n) is 8.20. The molecule has 1 aliphatic carbocycles. The number of ether oxygens (including phenoxy) is 1. The topological polar surface area (TPSA) is 61.8 Å². The Balaban J connectivity index is 1.88. The number of hydrogen-bond donors (Lipinski definition) is 2. The van der Waals surface area contributed by atoms with E-state index in [0.29, 0.717) is 19.4 Å². The van der Waals surface area contributed by atoms with Crippen molar-refractivity contribution in [3.63, 3.8) is 0 Å². The van der Waals surface area contributed by atoms with Crippen molar-refractivity contribution in [2.45, 2.75) is 70.9 Å². The van der Waals surface area contributed by atoms with Crippen molar-refractivity contribution in [3.8, 4) is 0 Å². The van der Waals surface area contributed by atoms with Crippen molar-refractivity contribution in [2.24, 2.45) is 5.41 Å². The Morgan fingerprint density at radius 2 is 1.91 bits per heavy atom. The van der Waals surface area contributed by atoms with Gasteiger partial charge in [0.15, 0.2) is 0 Å². The summed E-state index contributed by atoms with van der Waals surface area (Å²) in [5.74, 6) is 0.150. The van der Waals surface area contributed by atoms with E-state index in [4.69, 9.17) is 4.74 Å². The minimum Gasteiger partial charge on any atom is -0.393 e. The van der Waals surface area contributed by atoms with Crippen LogP contribution in [0.1, 0.15) is 59.3 Å². The molecule has 1 amide bonds. The molecule has 0 unspecified atom stereocenters. The van der Waals surface area contributed by atoms with Crippen LogP contribution in [0.5, 0.6) is 0 Å². The van der Waals surface area contributed by atoms with Crippen LogP contribution >= 0.6 is 0 Å². The summed E-state index contributed by atoms with van der Waals surface area (Å²) in [6, 6.07) is 0. The first kappa shape index (κ1) is 18.7. The Labute approximate surface area is 140 Å². The summed E-state index contributed by atoms with van der Waals surface area (Å²) >= 11 is 0. The number of aliphatic hydroxyl groups excluding tert-OH is 1. The van der Waals surface area contributed by atoms with Crippen molar-refractivity contribution in [1.29, 1.82) is 0 Å². The zero-order chi connectivity index (χ0) is 16.9. The molecule has 1 saturated heterocycles. The largest absolute Gasteiger partial charge is 0.393 e. The molecule has 2 aliphatic rings. The van der Waals surface area contributed by atoms with Crippen molar-refractivity contribution < 1.29 is 14.6 Å². The highest BCUT2D eigenvalue weighted by molar-refractivity contribution is 5.77. The third-order valence-corrected chi connectivity index (χ3v) is 5.32. The summed E-state index contributed by atoms with van der Waals surface area (Å²) in [7, 11) is 0. The second kappa shape index (κ2) is 7.95. The minimum absolute atomic E-state index is 0.0439. The van der Waals surface area contributed by atoms with E-state index < -0.39 is 0 Å². The maximum absolute atomic E-state index is 12.5. The zero-order valence-electron chi connectivity index (χ0n) is 15.1. The van der Waals surface area contributed by atoms with Crippen LogP contribution in [0.3, 0.4) is 0 Å². The van der Waals surface area contributed by atoms with Crippen molar-refractivity contribution in [2.75, 3.05) is 32.8 Å². The Hall–Kier alpha value is -0.650. The number of nitrogens with zero attached hydrogens (tertiary/aromatic N) is 1. The fraction of sp³-hybridized carbons (Fsp3) is 0.944. The fourth-order valence-corrected chi connectivity index (χ4v) is 4.25. The lowest BCUT2D eigenvalue weighted by Crippen LogP contribution is -2.54. The van der Waals surface area contributed by atoms with Gasteiger partial charge in [0.1, 0.15) is 0 Å². The molecule has 2 N–H and O–H groups in total. The highest BCUT2D eigenvalue weighted by Gasteiger charge is 2.41. The Bertz CT molecular complexity index is 384. The van der Waals surface area contributed by atoms with Crippen LogP contribution in [-0.2, 0) is 9.53 Å². The number of aliphatic hydroxyl groups is 1. The van der Waals surface area contributed by atoms with E-state index in [-0.39, 0.29) is 23.0 Å². The van der Waals surface area contributed by atoms with Crippen LogP contribution in [0, 0.1) is 5.41 Å². The number of amides is 1. The van der Waals surface area contributed by atoms with E-state index in [1.54, 1.807) is 6.92 Å². The van der Waals surface area contributed by atoms with Crippen LogP contribution in [-0.4, -0.2) is 60.4 Å². The predicted molar refractivity (Wildman–Crippen MR) is 91.3 cm³/mol. The lowest BCUT2D eigenvalue weighted by molar-refractivity contribution is -0.126. The third-order valence-electron chi connectivity index (χ3n) is 5.32. The summed E-state index contributed by atoms with van der Waals surface area (Å²) < 4.78 is 5.47. The van der Waals surface area contributed by atoms with Gasteiger partial charge < -0.3 is 15.2 Å². The van der Waals surface area contributed by atoms with Gasteiger partial charge in [-0.05, 0) is 31.6 Å². The van der Waals surface area contributed by atoms with Gasteiger partial charge in [0.05, 0.1) is 19.3 Å². The standard InChI is InChI=1S/C18H34N2O3/c1-15(21)12-17(2,3)14-19-16(22)13-18(6-4-5-7-18)20-8-10-23-11-9-20/h15,21H,4-14H2,1-3H3,(H,19,22)/t15-/m0/s1. The maximum Gasteiger partial charge on any atom is 0.221 e. The summed E-state index contributed by atoms with van der Waals surface area (Å²) in [4.78, 5) is 15.0. The van der Waals surface area contributed by atoms with Gasteiger partial charge in [0, 0.05) is 31.6 Å². The molecule has 2 rings (SSSR count). The molecule has 5 heteroatoms. The Morgan fingerprint density at radius 1 is 1.30 bits per heavy atom. The first-order valence-corrected chi connectivity index (χ1v) is 9.11. The molecule has 0 aromatic rings. The predicted octanol–water partition coefficient (Wildman–Crippen LogP) is 1.93. The quantitative estimate of drug-likeness (QED) is 0.750. The lowest BCUT2D eigenvalue weighted by Gasteiger charge is -2.43. The van der Waals surface area contributed by atoms with E-state index in [9.17, 15) is 9.90 Å². The average molecular weight is 326 g/mol. The molecule has 134 valence electrons. The van der Waals surface area contributed by atoms with Crippen LogP contribution in [0.2, 0.25) is 0 Å². The molecule has 0 radical (unpaired) electrons. The number of carbonyl (C=O) groups excluding carboxylic acids is 1.